The van der Waals surface area contributed by atoms with E-state index in [0.29, 0.717) is 13.0 Å². The lowest BCUT2D eigenvalue weighted by Crippen LogP contribution is -2.26. The molecule has 0 bridgehead atoms. The first-order valence-corrected chi connectivity index (χ1v) is 7.00. The number of aromatic nitrogens is 4. The Kier molecular flexibility index (Phi) is 4.26. The third-order valence-corrected chi connectivity index (χ3v) is 3.80. The van der Waals surface area contributed by atoms with Gasteiger partial charge in [-0.05, 0) is 13.3 Å². The van der Waals surface area contributed by atoms with Crippen LogP contribution in [0.4, 0.5) is 0 Å². The van der Waals surface area contributed by atoms with E-state index in [1.54, 1.807) is 4.68 Å². The highest BCUT2D eigenvalue weighted by molar-refractivity contribution is 7.13. The van der Waals surface area contributed by atoms with E-state index in [1.165, 1.54) is 17.7 Å². The van der Waals surface area contributed by atoms with Crippen LogP contribution in [0.3, 0.4) is 0 Å². The molecule has 2 aromatic heterocycles. The van der Waals surface area contributed by atoms with Gasteiger partial charge < -0.3 is 5.32 Å². The Morgan fingerprint density at radius 2 is 2.32 bits per heavy atom. The SMILES string of the molecule is CCc1nc(C)sc1C(=O)NCCc1ncnn1C. The van der Waals surface area contributed by atoms with Gasteiger partial charge >= 0.3 is 0 Å². The first-order chi connectivity index (χ1) is 9.11. The molecule has 19 heavy (non-hydrogen) atoms. The fraction of sp³-hybridized carbons (Fsp3) is 0.500. The van der Waals surface area contributed by atoms with Gasteiger partial charge in [0.2, 0.25) is 0 Å². The summed E-state index contributed by atoms with van der Waals surface area (Å²) in [7, 11) is 1.84. The van der Waals surface area contributed by atoms with Gasteiger partial charge in [-0.2, -0.15) is 5.10 Å². The van der Waals surface area contributed by atoms with Crippen molar-refractivity contribution in [3.63, 3.8) is 0 Å². The molecule has 102 valence electrons. The maximum atomic E-state index is 12.1. The second-order valence-electron chi connectivity index (χ2n) is 4.17. The minimum Gasteiger partial charge on any atom is -0.351 e. The Labute approximate surface area is 115 Å². The van der Waals surface area contributed by atoms with Crippen LogP contribution in [-0.4, -0.2) is 32.2 Å². The van der Waals surface area contributed by atoms with Crippen molar-refractivity contribution in [2.75, 3.05) is 6.54 Å². The normalized spacial score (nSPS) is 10.7. The standard InChI is InChI=1S/C12H17N5OS/c1-4-9-11(19-8(2)16-9)12(18)13-6-5-10-14-7-15-17(10)3/h7H,4-6H2,1-3H3,(H,13,18). The van der Waals surface area contributed by atoms with Crippen molar-refractivity contribution in [3.8, 4) is 0 Å². The van der Waals surface area contributed by atoms with E-state index in [9.17, 15) is 4.79 Å². The lowest BCUT2D eigenvalue weighted by atomic mass is 10.3. The maximum absolute atomic E-state index is 12.1. The lowest BCUT2D eigenvalue weighted by molar-refractivity contribution is 0.0957. The van der Waals surface area contributed by atoms with Crippen molar-refractivity contribution in [1.29, 1.82) is 0 Å². The van der Waals surface area contributed by atoms with E-state index in [-0.39, 0.29) is 5.91 Å². The minimum absolute atomic E-state index is 0.0513. The monoisotopic (exact) mass is 279 g/mol. The first kappa shape index (κ1) is 13.7. The summed E-state index contributed by atoms with van der Waals surface area (Å²) in [5, 5.41) is 7.82. The molecule has 0 aliphatic carbocycles. The number of amides is 1. The van der Waals surface area contributed by atoms with Crippen molar-refractivity contribution < 1.29 is 4.79 Å². The summed E-state index contributed by atoms with van der Waals surface area (Å²) < 4.78 is 1.71. The molecule has 0 fully saturated rings. The second kappa shape index (κ2) is 5.92. The van der Waals surface area contributed by atoms with Gasteiger partial charge in [0.1, 0.15) is 17.0 Å². The van der Waals surface area contributed by atoms with Crippen LogP contribution in [0.25, 0.3) is 0 Å². The molecular formula is C12H17N5OS. The maximum Gasteiger partial charge on any atom is 0.263 e. The Morgan fingerprint density at radius 1 is 1.53 bits per heavy atom. The number of hydrogen-bond acceptors (Lipinski definition) is 5. The molecule has 1 N–H and O–H groups in total. The molecule has 0 unspecified atom stereocenters. The molecule has 1 amide bonds. The van der Waals surface area contributed by atoms with E-state index >= 15 is 0 Å². The van der Waals surface area contributed by atoms with Gasteiger partial charge in [0, 0.05) is 20.0 Å². The summed E-state index contributed by atoms with van der Waals surface area (Å²) in [6.07, 6.45) is 2.96. The molecule has 2 aromatic rings. The summed E-state index contributed by atoms with van der Waals surface area (Å²) in [5.41, 5.74) is 0.874. The smallest absolute Gasteiger partial charge is 0.263 e. The van der Waals surface area contributed by atoms with Gasteiger partial charge in [0.25, 0.3) is 5.91 Å². The van der Waals surface area contributed by atoms with Gasteiger partial charge in [0.05, 0.1) is 10.7 Å². The van der Waals surface area contributed by atoms with Crippen molar-refractivity contribution >= 4 is 17.2 Å². The van der Waals surface area contributed by atoms with E-state index in [0.717, 1.165) is 27.8 Å². The zero-order valence-corrected chi connectivity index (χ0v) is 12.1. The van der Waals surface area contributed by atoms with Crippen molar-refractivity contribution in [2.24, 2.45) is 7.05 Å². The van der Waals surface area contributed by atoms with Crippen LogP contribution in [0.5, 0.6) is 0 Å². The Hall–Kier alpha value is -1.76. The van der Waals surface area contributed by atoms with Crippen LogP contribution in [0.2, 0.25) is 0 Å². The van der Waals surface area contributed by atoms with E-state index in [4.69, 9.17) is 0 Å². The summed E-state index contributed by atoms with van der Waals surface area (Å²) in [4.78, 5) is 21.3. The zero-order valence-electron chi connectivity index (χ0n) is 11.3. The predicted octanol–water partition coefficient (Wildman–Crippen LogP) is 1.11. The fourth-order valence-electron chi connectivity index (χ4n) is 1.80. The number of hydrogen-bond donors (Lipinski definition) is 1. The van der Waals surface area contributed by atoms with Gasteiger partial charge in [0.15, 0.2) is 0 Å². The summed E-state index contributed by atoms with van der Waals surface area (Å²) in [5.74, 6) is 0.807. The second-order valence-corrected chi connectivity index (χ2v) is 5.37. The van der Waals surface area contributed by atoms with Crippen LogP contribution in [0.15, 0.2) is 6.33 Å². The minimum atomic E-state index is -0.0513. The third kappa shape index (κ3) is 3.17. The molecule has 0 atom stereocenters. The summed E-state index contributed by atoms with van der Waals surface area (Å²) >= 11 is 1.44. The predicted molar refractivity (Wildman–Crippen MR) is 73.3 cm³/mol. The highest BCUT2D eigenvalue weighted by Gasteiger charge is 2.15. The molecular weight excluding hydrogens is 262 g/mol. The van der Waals surface area contributed by atoms with Gasteiger partial charge in [-0.1, -0.05) is 6.92 Å². The zero-order chi connectivity index (χ0) is 13.8. The molecule has 0 radical (unpaired) electrons. The van der Waals surface area contributed by atoms with Crippen molar-refractivity contribution in [1.82, 2.24) is 25.1 Å². The van der Waals surface area contributed by atoms with Gasteiger partial charge in [-0.25, -0.2) is 9.97 Å². The molecule has 0 saturated carbocycles. The summed E-state index contributed by atoms with van der Waals surface area (Å²) in [6, 6.07) is 0. The number of aryl methyl sites for hydroxylation is 3. The molecule has 0 spiro atoms. The van der Waals surface area contributed by atoms with Crippen LogP contribution in [0, 0.1) is 6.92 Å². The first-order valence-electron chi connectivity index (χ1n) is 6.19. The van der Waals surface area contributed by atoms with E-state index in [1.807, 2.05) is 20.9 Å². The van der Waals surface area contributed by atoms with Crippen LogP contribution >= 0.6 is 11.3 Å². The fourth-order valence-corrected chi connectivity index (χ4v) is 2.73. The van der Waals surface area contributed by atoms with Crippen LogP contribution in [-0.2, 0) is 19.9 Å². The molecule has 0 aromatic carbocycles. The topological polar surface area (TPSA) is 72.7 Å². The molecule has 7 heteroatoms. The van der Waals surface area contributed by atoms with Crippen molar-refractivity contribution in [3.05, 3.63) is 27.7 Å². The van der Waals surface area contributed by atoms with Crippen LogP contribution in [0.1, 0.15) is 33.1 Å². The molecule has 0 aliphatic rings. The summed E-state index contributed by atoms with van der Waals surface area (Å²) in [6.45, 7) is 4.47. The van der Waals surface area contributed by atoms with Gasteiger partial charge in [-0.3, -0.25) is 9.48 Å². The molecule has 2 rings (SSSR count). The largest absolute Gasteiger partial charge is 0.351 e. The molecule has 2 heterocycles. The Bertz CT molecular complexity index is 574. The quantitative estimate of drug-likeness (QED) is 0.890. The van der Waals surface area contributed by atoms with E-state index < -0.39 is 0 Å². The number of nitrogens with one attached hydrogen (secondary N) is 1. The number of thiazole rings is 1. The highest BCUT2D eigenvalue weighted by atomic mass is 32.1. The number of nitrogens with zero attached hydrogens (tertiary/aromatic N) is 4. The number of rotatable bonds is 5. The number of carbonyl (C=O) groups is 1. The highest BCUT2D eigenvalue weighted by Crippen LogP contribution is 2.18. The Morgan fingerprint density at radius 3 is 2.95 bits per heavy atom. The average molecular weight is 279 g/mol. The number of carbonyl (C=O) groups excluding carboxylic acids is 1. The third-order valence-electron chi connectivity index (χ3n) is 2.78. The van der Waals surface area contributed by atoms with Gasteiger partial charge in [-0.15, -0.1) is 11.3 Å². The van der Waals surface area contributed by atoms with Crippen LogP contribution < -0.4 is 5.32 Å². The molecule has 0 saturated heterocycles. The lowest BCUT2D eigenvalue weighted by Gasteiger charge is -2.04. The average Bonchev–Trinajstić information content (AvgIpc) is 2.95. The van der Waals surface area contributed by atoms with Crippen molar-refractivity contribution in [2.45, 2.75) is 26.7 Å². The Balaban J connectivity index is 1.92. The molecule has 0 aliphatic heterocycles. The molecule has 6 nitrogen and oxygen atoms in total. The van der Waals surface area contributed by atoms with E-state index in [2.05, 4.69) is 20.4 Å².